The molecule has 1 heterocycles. The maximum absolute atomic E-state index is 12.8. The predicted octanol–water partition coefficient (Wildman–Crippen LogP) is 1.92. The van der Waals surface area contributed by atoms with E-state index >= 15 is 0 Å². The molecule has 2 rings (SSSR count). The van der Waals surface area contributed by atoms with E-state index in [1.54, 1.807) is 5.32 Å². The molecule has 8 nitrogen and oxygen atoms in total. The Morgan fingerprint density at radius 1 is 1.12 bits per heavy atom. The van der Waals surface area contributed by atoms with Crippen LogP contribution in [0.15, 0.2) is 29.2 Å². The topological polar surface area (TPSA) is 105 Å². The van der Waals surface area contributed by atoms with Gasteiger partial charge in [0.25, 0.3) is 5.91 Å². The Balaban J connectivity index is 1.87. The summed E-state index contributed by atoms with van der Waals surface area (Å²) in [6, 6.07) is 4.71. The third kappa shape index (κ3) is 7.75. The molecule has 1 saturated heterocycles. The number of halogens is 3. The molecule has 180 valence electrons. The number of nitrogens with zero attached hydrogens (tertiary/aromatic N) is 1. The third-order valence-electron chi connectivity index (χ3n) is 5.00. The van der Waals surface area contributed by atoms with Crippen molar-refractivity contribution in [3.05, 3.63) is 29.8 Å². The van der Waals surface area contributed by atoms with Gasteiger partial charge in [0, 0.05) is 44.3 Å². The van der Waals surface area contributed by atoms with E-state index in [1.807, 2.05) is 6.92 Å². The number of benzene rings is 1. The summed E-state index contributed by atoms with van der Waals surface area (Å²) in [6.07, 6.45) is -3.06. The van der Waals surface area contributed by atoms with Crippen molar-refractivity contribution < 1.29 is 35.9 Å². The highest BCUT2D eigenvalue weighted by Gasteiger charge is 2.32. The van der Waals surface area contributed by atoms with E-state index in [0.29, 0.717) is 39.0 Å². The molecule has 1 aromatic carbocycles. The molecule has 1 fully saturated rings. The van der Waals surface area contributed by atoms with E-state index in [4.69, 9.17) is 4.74 Å². The highest BCUT2D eigenvalue weighted by atomic mass is 32.2. The van der Waals surface area contributed by atoms with Crippen LogP contribution >= 0.6 is 0 Å². The largest absolute Gasteiger partial charge is 0.405 e. The van der Waals surface area contributed by atoms with Crippen molar-refractivity contribution in [3.8, 4) is 0 Å². The van der Waals surface area contributed by atoms with Gasteiger partial charge >= 0.3 is 6.18 Å². The summed E-state index contributed by atoms with van der Waals surface area (Å²) in [6.45, 7) is 2.46. The molecule has 0 saturated carbocycles. The lowest BCUT2D eigenvalue weighted by Crippen LogP contribution is -2.43. The van der Waals surface area contributed by atoms with Crippen molar-refractivity contribution >= 4 is 21.8 Å². The number of piperidine rings is 1. The first kappa shape index (κ1) is 26.1. The van der Waals surface area contributed by atoms with Gasteiger partial charge in [-0.25, -0.2) is 8.42 Å². The first-order chi connectivity index (χ1) is 15.0. The molecular formula is C20H28F3N3O5S. The van der Waals surface area contributed by atoms with Gasteiger partial charge < -0.3 is 15.4 Å². The average molecular weight is 480 g/mol. The van der Waals surface area contributed by atoms with Crippen molar-refractivity contribution in [3.63, 3.8) is 0 Å². The van der Waals surface area contributed by atoms with Crippen LogP contribution in [-0.4, -0.2) is 70.1 Å². The lowest BCUT2D eigenvalue weighted by molar-refractivity contribution is -0.126. The minimum absolute atomic E-state index is 0.0660. The van der Waals surface area contributed by atoms with Crippen LogP contribution in [0.3, 0.4) is 0 Å². The SMILES string of the molecule is CCOCCCNC(=O)C1CCN(S(=O)(=O)c2ccc(C(=O)NCC(F)(F)F)cc2)CC1. The maximum atomic E-state index is 12.8. The van der Waals surface area contributed by atoms with Crippen molar-refractivity contribution in [1.29, 1.82) is 0 Å². The van der Waals surface area contributed by atoms with E-state index in [1.165, 1.54) is 28.6 Å². The van der Waals surface area contributed by atoms with Crippen LogP contribution in [0.5, 0.6) is 0 Å². The maximum Gasteiger partial charge on any atom is 0.405 e. The molecule has 0 spiro atoms. The smallest absolute Gasteiger partial charge is 0.382 e. The molecule has 1 aromatic rings. The lowest BCUT2D eigenvalue weighted by atomic mass is 9.97. The zero-order valence-corrected chi connectivity index (χ0v) is 18.6. The van der Waals surface area contributed by atoms with Crippen LogP contribution in [0.1, 0.15) is 36.5 Å². The fourth-order valence-electron chi connectivity index (χ4n) is 3.24. The molecule has 2 amide bonds. The molecule has 32 heavy (non-hydrogen) atoms. The number of nitrogens with one attached hydrogen (secondary N) is 2. The molecule has 0 unspecified atom stereocenters. The Hall–Kier alpha value is -2.18. The number of hydrogen-bond donors (Lipinski definition) is 2. The zero-order chi connectivity index (χ0) is 23.8. The second-order valence-electron chi connectivity index (χ2n) is 7.34. The van der Waals surface area contributed by atoms with Crippen LogP contribution in [0.2, 0.25) is 0 Å². The van der Waals surface area contributed by atoms with Gasteiger partial charge in [-0.3, -0.25) is 9.59 Å². The normalized spacial score (nSPS) is 16.0. The van der Waals surface area contributed by atoms with Crippen LogP contribution in [0, 0.1) is 5.92 Å². The fourth-order valence-corrected chi connectivity index (χ4v) is 4.71. The molecular weight excluding hydrogens is 451 g/mol. The summed E-state index contributed by atoms with van der Waals surface area (Å²) in [5.41, 5.74) is -0.0760. The van der Waals surface area contributed by atoms with E-state index < -0.39 is 28.7 Å². The van der Waals surface area contributed by atoms with Crippen molar-refractivity contribution in [2.24, 2.45) is 5.92 Å². The second kappa shape index (κ2) is 11.6. The summed E-state index contributed by atoms with van der Waals surface area (Å²) in [5.74, 6) is -1.32. The molecule has 0 aromatic heterocycles. The molecule has 2 N–H and O–H groups in total. The summed E-state index contributed by atoms with van der Waals surface area (Å²) >= 11 is 0. The Labute approximate surface area is 185 Å². The third-order valence-corrected chi connectivity index (χ3v) is 6.91. The average Bonchev–Trinajstić information content (AvgIpc) is 2.77. The van der Waals surface area contributed by atoms with Crippen LogP contribution < -0.4 is 10.6 Å². The van der Waals surface area contributed by atoms with E-state index in [-0.39, 0.29) is 35.4 Å². The van der Waals surface area contributed by atoms with Crippen LogP contribution in [-0.2, 0) is 19.6 Å². The number of sulfonamides is 1. The molecule has 1 aliphatic rings. The number of ether oxygens (including phenoxy) is 1. The Morgan fingerprint density at radius 2 is 1.75 bits per heavy atom. The fraction of sp³-hybridized carbons (Fsp3) is 0.600. The number of carbonyl (C=O) groups excluding carboxylic acids is 2. The molecule has 0 radical (unpaired) electrons. The van der Waals surface area contributed by atoms with Gasteiger partial charge in [-0.05, 0) is 50.5 Å². The minimum atomic E-state index is -4.54. The van der Waals surface area contributed by atoms with Gasteiger partial charge in [-0.2, -0.15) is 17.5 Å². The molecule has 12 heteroatoms. The van der Waals surface area contributed by atoms with Crippen molar-refractivity contribution in [1.82, 2.24) is 14.9 Å². The van der Waals surface area contributed by atoms with Gasteiger partial charge in [-0.1, -0.05) is 0 Å². The highest BCUT2D eigenvalue weighted by Crippen LogP contribution is 2.24. The van der Waals surface area contributed by atoms with Gasteiger partial charge in [0.05, 0.1) is 4.90 Å². The number of carbonyl (C=O) groups is 2. The molecule has 0 aliphatic carbocycles. The van der Waals surface area contributed by atoms with Gasteiger partial charge in [-0.15, -0.1) is 0 Å². The minimum Gasteiger partial charge on any atom is -0.382 e. The number of alkyl halides is 3. The Kier molecular flexibility index (Phi) is 9.47. The molecule has 0 atom stereocenters. The highest BCUT2D eigenvalue weighted by molar-refractivity contribution is 7.89. The Bertz CT molecular complexity index is 867. The standard InChI is InChI=1S/C20H28F3N3O5S/c1-2-31-13-3-10-24-18(27)16-8-11-26(12-9-16)32(29,30)17-6-4-15(5-7-17)19(28)25-14-20(21,22)23/h4-7,16H,2-3,8-14H2,1H3,(H,24,27)(H,25,28). The van der Waals surface area contributed by atoms with Gasteiger partial charge in [0.15, 0.2) is 0 Å². The van der Waals surface area contributed by atoms with Crippen molar-refractivity contribution in [2.75, 3.05) is 39.4 Å². The first-order valence-corrected chi connectivity index (χ1v) is 11.8. The summed E-state index contributed by atoms with van der Waals surface area (Å²) < 4.78 is 68.8. The summed E-state index contributed by atoms with van der Waals surface area (Å²) in [7, 11) is -3.84. The summed E-state index contributed by atoms with van der Waals surface area (Å²) in [5, 5.41) is 4.57. The number of amides is 2. The van der Waals surface area contributed by atoms with E-state index in [9.17, 15) is 31.2 Å². The molecule has 0 bridgehead atoms. The lowest BCUT2D eigenvalue weighted by Gasteiger charge is -2.30. The molecule has 1 aliphatic heterocycles. The van der Waals surface area contributed by atoms with Gasteiger partial charge in [0.1, 0.15) is 6.54 Å². The number of rotatable bonds is 10. The second-order valence-corrected chi connectivity index (χ2v) is 9.28. The zero-order valence-electron chi connectivity index (χ0n) is 17.8. The summed E-state index contributed by atoms with van der Waals surface area (Å²) in [4.78, 5) is 23.9. The number of hydrogen-bond acceptors (Lipinski definition) is 5. The van der Waals surface area contributed by atoms with Crippen molar-refractivity contribution in [2.45, 2.75) is 37.3 Å². The monoisotopic (exact) mass is 479 g/mol. The van der Waals surface area contributed by atoms with Gasteiger partial charge in [0.2, 0.25) is 15.9 Å². The quantitative estimate of drug-likeness (QED) is 0.499. The van der Waals surface area contributed by atoms with Crippen LogP contribution in [0.4, 0.5) is 13.2 Å². The predicted molar refractivity (Wildman–Crippen MR) is 110 cm³/mol. The Morgan fingerprint density at radius 3 is 2.31 bits per heavy atom. The van der Waals surface area contributed by atoms with E-state index in [0.717, 1.165) is 0 Å². The van der Waals surface area contributed by atoms with Crippen LogP contribution in [0.25, 0.3) is 0 Å². The van der Waals surface area contributed by atoms with E-state index in [2.05, 4.69) is 5.32 Å². The first-order valence-electron chi connectivity index (χ1n) is 10.3.